The van der Waals surface area contributed by atoms with E-state index in [0.29, 0.717) is 13.2 Å². The van der Waals surface area contributed by atoms with E-state index in [-0.39, 0.29) is 5.84 Å². The minimum absolute atomic E-state index is 0.246. The van der Waals surface area contributed by atoms with Gasteiger partial charge in [0, 0.05) is 5.41 Å². The minimum Gasteiger partial charge on any atom is -0.386 e. The van der Waals surface area contributed by atoms with Crippen LogP contribution in [0, 0.1) is 38.9 Å². The average molecular weight is 356 g/mol. The molecule has 2 heterocycles. The number of hydrogen-bond donors (Lipinski definition) is 1. The molecule has 0 amide bonds. The molecular formula is C20H28N4O2. The minimum atomic E-state index is -1.38. The fourth-order valence-electron chi connectivity index (χ4n) is 6.15. The molecule has 0 aromatic heterocycles. The summed E-state index contributed by atoms with van der Waals surface area (Å²) in [6, 6.07) is 4.92. The number of nitrogens with zero attached hydrogens (tertiary/aromatic N) is 3. The van der Waals surface area contributed by atoms with Crippen molar-refractivity contribution < 1.29 is 9.47 Å². The summed E-state index contributed by atoms with van der Waals surface area (Å²) >= 11 is 0. The van der Waals surface area contributed by atoms with Crippen LogP contribution in [0.15, 0.2) is 4.99 Å². The first kappa shape index (κ1) is 17.8. The van der Waals surface area contributed by atoms with Gasteiger partial charge in [-0.3, -0.25) is 0 Å². The van der Waals surface area contributed by atoms with E-state index >= 15 is 0 Å². The first-order valence-electron chi connectivity index (χ1n) is 10.1. The van der Waals surface area contributed by atoms with E-state index in [0.717, 1.165) is 38.5 Å². The molecule has 2 spiro atoms. The average Bonchev–Trinajstić information content (AvgIpc) is 2.87. The highest BCUT2D eigenvalue weighted by Gasteiger charge is 3.00. The Balaban J connectivity index is 1.74. The van der Waals surface area contributed by atoms with Crippen LogP contribution >= 0.6 is 0 Å². The quantitative estimate of drug-likeness (QED) is 0.716. The summed E-state index contributed by atoms with van der Waals surface area (Å²) in [7, 11) is 0. The number of ether oxygens (including phenoxy) is 2. The second kappa shape index (κ2) is 6.22. The summed E-state index contributed by atoms with van der Waals surface area (Å²) in [6.45, 7) is 0.773. The molecule has 0 aromatic rings. The third-order valence-corrected chi connectivity index (χ3v) is 7.28. The molecule has 0 radical (unpaired) electrons. The Morgan fingerprint density at radius 2 is 1.31 bits per heavy atom. The maximum absolute atomic E-state index is 10.3. The zero-order chi connectivity index (χ0) is 18.3. The molecule has 1 saturated heterocycles. The predicted molar refractivity (Wildman–Crippen MR) is 95.6 cm³/mol. The zero-order valence-electron chi connectivity index (χ0n) is 15.4. The van der Waals surface area contributed by atoms with Gasteiger partial charge >= 0.3 is 0 Å². The van der Waals surface area contributed by atoms with Gasteiger partial charge in [-0.2, -0.15) is 10.5 Å². The maximum Gasteiger partial charge on any atom is 0.293 e. The molecule has 26 heavy (non-hydrogen) atoms. The number of fused-ring (bicyclic) bond motifs is 4. The van der Waals surface area contributed by atoms with Crippen molar-refractivity contribution in [1.29, 1.82) is 10.5 Å². The Bertz CT molecular complexity index is 673. The third kappa shape index (κ3) is 1.85. The molecule has 0 aromatic carbocycles. The smallest absolute Gasteiger partial charge is 0.293 e. The van der Waals surface area contributed by atoms with Gasteiger partial charge < -0.3 is 15.2 Å². The van der Waals surface area contributed by atoms with E-state index in [2.05, 4.69) is 17.1 Å². The van der Waals surface area contributed by atoms with Crippen LogP contribution in [0.25, 0.3) is 0 Å². The van der Waals surface area contributed by atoms with Crippen molar-refractivity contribution in [3.05, 3.63) is 0 Å². The van der Waals surface area contributed by atoms with Gasteiger partial charge in [0.15, 0.2) is 5.41 Å². The monoisotopic (exact) mass is 356 g/mol. The van der Waals surface area contributed by atoms with Crippen LogP contribution in [-0.2, 0) is 9.47 Å². The molecule has 0 unspecified atom stereocenters. The largest absolute Gasteiger partial charge is 0.386 e. The van der Waals surface area contributed by atoms with Crippen molar-refractivity contribution in [2.45, 2.75) is 76.5 Å². The Morgan fingerprint density at radius 1 is 0.808 bits per heavy atom. The van der Waals surface area contributed by atoms with Crippen LogP contribution in [0.4, 0.5) is 0 Å². The van der Waals surface area contributed by atoms with Crippen LogP contribution in [0.1, 0.15) is 70.6 Å². The first-order chi connectivity index (χ1) is 12.7. The SMILES string of the molecule is N#C[C@@]12C3(N=C(N)[C@]1(C#N)C21CCCCCCCCCCC1)OCCO3. The maximum atomic E-state index is 10.3. The molecule has 6 nitrogen and oxygen atoms in total. The molecule has 2 saturated carbocycles. The zero-order valence-corrected chi connectivity index (χ0v) is 15.4. The second-order valence-electron chi connectivity index (χ2n) is 8.26. The molecule has 0 bridgehead atoms. The third-order valence-electron chi connectivity index (χ3n) is 7.28. The second-order valence-corrected chi connectivity index (χ2v) is 8.26. The standard InChI is InChI=1S/C20H28N4O2/c21-14-18-16(23)24-20(25-12-13-26-20)19(18,15-22)17(18)10-8-6-4-2-1-3-5-7-9-11-17/h1-13H2,(H2,23,24)/t18-,19+/m1/s1. The van der Waals surface area contributed by atoms with Crippen LogP contribution < -0.4 is 5.73 Å². The molecule has 2 atom stereocenters. The summed E-state index contributed by atoms with van der Waals surface area (Å²) in [4.78, 5) is 4.42. The van der Waals surface area contributed by atoms with Crippen LogP contribution in [-0.4, -0.2) is 25.0 Å². The highest BCUT2D eigenvalue weighted by molar-refractivity contribution is 6.00. The van der Waals surface area contributed by atoms with E-state index in [1.165, 1.54) is 32.1 Å². The van der Waals surface area contributed by atoms with Crippen molar-refractivity contribution in [3.8, 4) is 12.1 Å². The molecule has 2 aliphatic carbocycles. The van der Waals surface area contributed by atoms with Crippen molar-refractivity contribution >= 4 is 5.84 Å². The lowest BCUT2D eigenvalue weighted by Gasteiger charge is -2.31. The highest BCUT2D eigenvalue weighted by atomic mass is 16.8. The lowest BCUT2D eigenvalue weighted by atomic mass is 9.80. The Hall–Kier alpha value is -1.63. The number of rotatable bonds is 0. The Kier molecular flexibility index (Phi) is 4.25. The molecule has 6 heteroatoms. The number of nitrogens with two attached hydrogens (primary N) is 1. The summed E-state index contributed by atoms with van der Waals surface area (Å²) in [5.74, 6) is -1.13. The predicted octanol–water partition coefficient (Wildman–Crippen LogP) is 3.38. The van der Waals surface area contributed by atoms with Crippen molar-refractivity contribution in [2.24, 2.45) is 27.0 Å². The fourth-order valence-corrected chi connectivity index (χ4v) is 6.15. The first-order valence-corrected chi connectivity index (χ1v) is 10.1. The Labute approximate surface area is 155 Å². The van der Waals surface area contributed by atoms with Gasteiger partial charge in [0.2, 0.25) is 0 Å². The lowest BCUT2D eigenvalue weighted by Crippen LogP contribution is -2.41. The van der Waals surface area contributed by atoms with E-state index in [4.69, 9.17) is 15.2 Å². The van der Waals surface area contributed by atoms with Crippen molar-refractivity contribution in [2.75, 3.05) is 13.2 Å². The molecule has 140 valence electrons. The molecule has 4 rings (SSSR count). The van der Waals surface area contributed by atoms with E-state index in [1.807, 2.05) is 0 Å². The lowest BCUT2D eigenvalue weighted by molar-refractivity contribution is -0.193. The van der Waals surface area contributed by atoms with Crippen LogP contribution in [0.3, 0.4) is 0 Å². The van der Waals surface area contributed by atoms with Gasteiger partial charge in [0.05, 0.1) is 25.4 Å². The van der Waals surface area contributed by atoms with Gasteiger partial charge in [-0.05, 0) is 12.8 Å². The van der Waals surface area contributed by atoms with E-state index < -0.39 is 22.2 Å². The number of amidine groups is 1. The van der Waals surface area contributed by atoms with Gasteiger partial charge in [0.25, 0.3) is 5.91 Å². The summed E-state index contributed by atoms with van der Waals surface area (Å²) < 4.78 is 11.8. The van der Waals surface area contributed by atoms with E-state index in [1.54, 1.807) is 0 Å². The summed E-state index contributed by atoms with van der Waals surface area (Å²) in [6.07, 6.45) is 12.2. The van der Waals surface area contributed by atoms with Gasteiger partial charge in [-0.1, -0.05) is 57.8 Å². The topological polar surface area (TPSA) is 104 Å². The fraction of sp³-hybridized carbons (Fsp3) is 0.850. The van der Waals surface area contributed by atoms with Gasteiger partial charge in [-0.25, -0.2) is 4.99 Å². The number of aliphatic imine (C=N–C) groups is 1. The summed E-state index contributed by atoms with van der Waals surface area (Å²) in [5, 5.41) is 20.5. The number of nitriles is 2. The normalized spacial score (nSPS) is 38.5. The molecular weight excluding hydrogens is 328 g/mol. The molecule has 2 N–H and O–H groups in total. The van der Waals surface area contributed by atoms with Crippen LogP contribution in [0.2, 0.25) is 0 Å². The van der Waals surface area contributed by atoms with Gasteiger partial charge in [0.1, 0.15) is 11.3 Å². The molecule has 4 aliphatic rings. The summed E-state index contributed by atoms with van der Waals surface area (Å²) in [5.41, 5.74) is 3.65. The van der Waals surface area contributed by atoms with Gasteiger partial charge in [-0.15, -0.1) is 0 Å². The van der Waals surface area contributed by atoms with E-state index in [9.17, 15) is 10.5 Å². The molecule has 2 aliphatic heterocycles. The van der Waals surface area contributed by atoms with Crippen molar-refractivity contribution in [1.82, 2.24) is 0 Å². The highest BCUT2D eigenvalue weighted by Crippen LogP contribution is 2.88. The number of hydrogen-bond acceptors (Lipinski definition) is 6. The van der Waals surface area contributed by atoms with Crippen molar-refractivity contribution in [3.63, 3.8) is 0 Å². The van der Waals surface area contributed by atoms with Crippen LogP contribution in [0.5, 0.6) is 0 Å². The molecule has 3 fully saturated rings. The Morgan fingerprint density at radius 3 is 1.77 bits per heavy atom.